The van der Waals surface area contributed by atoms with Gasteiger partial charge in [-0.2, -0.15) is 0 Å². The first-order valence-corrected chi connectivity index (χ1v) is 6.55. The van der Waals surface area contributed by atoms with E-state index in [1.165, 1.54) is 5.56 Å². The van der Waals surface area contributed by atoms with Crippen LogP contribution in [0.5, 0.6) is 0 Å². The first-order chi connectivity index (χ1) is 9.06. The maximum Gasteiger partial charge on any atom is 0.251 e. The molecule has 0 unspecified atom stereocenters. The van der Waals surface area contributed by atoms with Gasteiger partial charge in [-0.15, -0.1) is 0 Å². The Morgan fingerprint density at radius 3 is 2.42 bits per heavy atom. The van der Waals surface area contributed by atoms with Crippen LogP contribution in [0.4, 0.5) is 0 Å². The van der Waals surface area contributed by atoms with Gasteiger partial charge >= 0.3 is 0 Å². The van der Waals surface area contributed by atoms with Crippen molar-refractivity contribution in [1.82, 2.24) is 9.88 Å². The molecular weight excluding hydrogens is 236 g/mol. The molecule has 0 aliphatic heterocycles. The van der Waals surface area contributed by atoms with E-state index in [-0.39, 0.29) is 5.91 Å². The standard InChI is InChI=1S/C16H20N2O/c1-12(2)14-4-6-15(7-5-14)16(19)17-10-13-8-9-18(3)11-13/h4-9,11-12H,10H2,1-3H3,(H,17,19). The number of amides is 1. The van der Waals surface area contributed by atoms with Crippen molar-refractivity contribution in [2.75, 3.05) is 0 Å². The SMILES string of the molecule is CC(C)c1ccc(C(=O)NCc2ccn(C)c2)cc1. The van der Waals surface area contributed by atoms with E-state index in [0.717, 1.165) is 5.56 Å². The van der Waals surface area contributed by atoms with Gasteiger partial charge in [0, 0.05) is 31.5 Å². The molecule has 1 aromatic carbocycles. The number of nitrogens with zero attached hydrogens (tertiary/aromatic N) is 1. The minimum Gasteiger partial charge on any atom is -0.357 e. The Morgan fingerprint density at radius 2 is 1.89 bits per heavy atom. The second kappa shape index (κ2) is 5.74. The number of carbonyl (C=O) groups excluding carboxylic acids is 1. The van der Waals surface area contributed by atoms with Crippen molar-refractivity contribution in [1.29, 1.82) is 0 Å². The predicted molar refractivity (Wildman–Crippen MR) is 77.1 cm³/mol. The van der Waals surface area contributed by atoms with E-state index >= 15 is 0 Å². The summed E-state index contributed by atoms with van der Waals surface area (Å²) < 4.78 is 1.97. The number of carbonyl (C=O) groups is 1. The highest BCUT2D eigenvalue weighted by Crippen LogP contribution is 2.14. The van der Waals surface area contributed by atoms with Crippen molar-refractivity contribution in [3.63, 3.8) is 0 Å². The topological polar surface area (TPSA) is 34.0 Å². The largest absolute Gasteiger partial charge is 0.357 e. The van der Waals surface area contributed by atoms with Crippen molar-refractivity contribution >= 4 is 5.91 Å². The monoisotopic (exact) mass is 256 g/mol. The molecule has 0 spiro atoms. The molecule has 100 valence electrons. The quantitative estimate of drug-likeness (QED) is 0.896. The molecule has 2 aromatic rings. The normalized spacial score (nSPS) is 10.7. The van der Waals surface area contributed by atoms with E-state index < -0.39 is 0 Å². The Bertz CT molecular complexity index is 552. The Hall–Kier alpha value is -2.03. The molecule has 1 N–H and O–H groups in total. The molecule has 1 aromatic heterocycles. The third-order valence-corrected chi connectivity index (χ3v) is 3.19. The summed E-state index contributed by atoms with van der Waals surface area (Å²) in [5.74, 6) is 0.459. The predicted octanol–water partition coefficient (Wildman–Crippen LogP) is 3.08. The van der Waals surface area contributed by atoms with Crippen molar-refractivity contribution in [2.24, 2.45) is 7.05 Å². The molecule has 0 radical (unpaired) electrons. The number of hydrogen-bond acceptors (Lipinski definition) is 1. The number of aromatic nitrogens is 1. The van der Waals surface area contributed by atoms with Gasteiger partial charge in [-0.1, -0.05) is 26.0 Å². The van der Waals surface area contributed by atoms with E-state index in [0.29, 0.717) is 18.0 Å². The zero-order valence-corrected chi connectivity index (χ0v) is 11.7. The zero-order chi connectivity index (χ0) is 13.8. The average Bonchev–Trinajstić information content (AvgIpc) is 2.82. The second-order valence-electron chi connectivity index (χ2n) is 5.14. The minimum absolute atomic E-state index is 0.0286. The lowest BCUT2D eigenvalue weighted by Gasteiger charge is -2.07. The maximum absolute atomic E-state index is 12.0. The Kier molecular flexibility index (Phi) is 4.05. The van der Waals surface area contributed by atoms with Gasteiger partial charge in [-0.05, 0) is 35.2 Å². The lowest BCUT2D eigenvalue weighted by molar-refractivity contribution is 0.0951. The third kappa shape index (κ3) is 3.47. The van der Waals surface area contributed by atoms with Gasteiger partial charge in [0.15, 0.2) is 0 Å². The van der Waals surface area contributed by atoms with E-state index in [1.807, 2.05) is 54.3 Å². The van der Waals surface area contributed by atoms with Crippen LogP contribution in [0.25, 0.3) is 0 Å². The lowest BCUT2D eigenvalue weighted by Crippen LogP contribution is -2.22. The summed E-state index contributed by atoms with van der Waals surface area (Å²) in [7, 11) is 1.97. The van der Waals surface area contributed by atoms with Crippen LogP contribution in [0.15, 0.2) is 42.7 Å². The summed E-state index contributed by atoms with van der Waals surface area (Å²) in [5.41, 5.74) is 3.06. The summed E-state index contributed by atoms with van der Waals surface area (Å²) >= 11 is 0. The van der Waals surface area contributed by atoms with Crippen molar-refractivity contribution in [2.45, 2.75) is 26.3 Å². The van der Waals surface area contributed by atoms with Crippen molar-refractivity contribution in [3.8, 4) is 0 Å². The van der Waals surface area contributed by atoms with Crippen LogP contribution in [0.1, 0.15) is 41.3 Å². The van der Waals surface area contributed by atoms with Gasteiger partial charge in [0.25, 0.3) is 5.91 Å². The summed E-state index contributed by atoms with van der Waals surface area (Å²) in [6, 6.07) is 9.80. The minimum atomic E-state index is -0.0286. The Balaban J connectivity index is 1.96. The van der Waals surface area contributed by atoms with Crippen molar-refractivity contribution < 1.29 is 4.79 Å². The van der Waals surface area contributed by atoms with Crippen LogP contribution in [-0.4, -0.2) is 10.5 Å². The van der Waals surface area contributed by atoms with Crippen LogP contribution in [0, 0.1) is 0 Å². The van der Waals surface area contributed by atoms with Crippen LogP contribution < -0.4 is 5.32 Å². The molecule has 1 amide bonds. The fourth-order valence-electron chi connectivity index (χ4n) is 1.97. The first-order valence-electron chi connectivity index (χ1n) is 6.55. The molecular formula is C16H20N2O. The number of rotatable bonds is 4. The summed E-state index contributed by atoms with van der Waals surface area (Å²) in [6.07, 6.45) is 3.97. The van der Waals surface area contributed by atoms with E-state index in [1.54, 1.807) is 0 Å². The number of nitrogens with one attached hydrogen (secondary N) is 1. The summed E-state index contributed by atoms with van der Waals surface area (Å²) in [5, 5.41) is 2.92. The molecule has 2 rings (SSSR count). The third-order valence-electron chi connectivity index (χ3n) is 3.19. The second-order valence-corrected chi connectivity index (χ2v) is 5.14. The number of hydrogen-bond donors (Lipinski definition) is 1. The smallest absolute Gasteiger partial charge is 0.251 e. The van der Waals surface area contributed by atoms with Crippen molar-refractivity contribution in [3.05, 3.63) is 59.4 Å². The zero-order valence-electron chi connectivity index (χ0n) is 11.7. The maximum atomic E-state index is 12.0. The summed E-state index contributed by atoms with van der Waals surface area (Å²) in [6.45, 7) is 4.85. The highest BCUT2D eigenvalue weighted by Gasteiger charge is 2.06. The molecule has 0 saturated heterocycles. The molecule has 0 aliphatic rings. The van der Waals surface area contributed by atoms with Gasteiger partial charge in [-0.25, -0.2) is 0 Å². The van der Waals surface area contributed by atoms with Gasteiger partial charge in [-0.3, -0.25) is 4.79 Å². The van der Waals surface area contributed by atoms with E-state index in [2.05, 4.69) is 19.2 Å². The van der Waals surface area contributed by atoms with Crippen LogP contribution >= 0.6 is 0 Å². The van der Waals surface area contributed by atoms with Gasteiger partial charge in [0.1, 0.15) is 0 Å². The number of benzene rings is 1. The fraction of sp³-hybridized carbons (Fsp3) is 0.312. The molecule has 3 heteroatoms. The van der Waals surface area contributed by atoms with E-state index in [9.17, 15) is 4.79 Å². The van der Waals surface area contributed by atoms with Gasteiger partial charge in [0.2, 0.25) is 0 Å². The molecule has 19 heavy (non-hydrogen) atoms. The highest BCUT2D eigenvalue weighted by atomic mass is 16.1. The highest BCUT2D eigenvalue weighted by molar-refractivity contribution is 5.94. The van der Waals surface area contributed by atoms with Crippen LogP contribution in [0.3, 0.4) is 0 Å². The molecule has 0 fully saturated rings. The summed E-state index contributed by atoms with van der Waals surface area (Å²) in [4.78, 5) is 12.0. The fourth-order valence-corrected chi connectivity index (χ4v) is 1.97. The molecule has 0 saturated carbocycles. The Morgan fingerprint density at radius 1 is 1.21 bits per heavy atom. The molecule has 1 heterocycles. The van der Waals surface area contributed by atoms with Crippen LogP contribution in [-0.2, 0) is 13.6 Å². The molecule has 0 aliphatic carbocycles. The average molecular weight is 256 g/mol. The van der Waals surface area contributed by atoms with Gasteiger partial charge < -0.3 is 9.88 Å². The van der Waals surface area contributed by atoms with E-state index in [4.69, 9.17) is 0 Å². The first kappa shape index (κ1) is 13.4. The number of aryl methyl sites for hydroxylation is 1. The van der Waals surface area contributed by atoms with Gasteiger partial charge in [0.05, 0.1) is 0 Å². The van der Waals surface area contributed by atoms with Crippen LogP contribution in [0.2, 0.25) is 0 Å². The molecule has 0 bridgehead atoms. The molecule has 0 atom stereocenters. The lowest BCUT2D eigenvalue weighted by atomic mass is 10.0. The Labute approximate surface area is 114 Å². The molecule has 3 nitrogen and oxygen atoms in total.